The molecule has 0 unspecified atom stereocenters. The van der Waals surface area contributed by atoms with Gasteiger partial charge in [0, 0.05) is 53.9 Å². The van der Waals surface area contributed by atoms with Crippen molar-refractivity contribution in [2.75, 3.05) is 18.0 Å². The third kappa shape index (κ3) is 3.27. The molecule has 0 saturated carbocycles. The molecule has 0 aliphatic carbocycles. The second-order valence-electron chi connectivity index (χ2n) is 6.43. The molecule has 0 amide bonds. The van der Waals surface area contributed by atoms with E-state index in [9.17, 15) is 4.39 Å². The number of anilines is 1. The molecule has 4 rings (SSSR count). The van der Waals surface area contributed by atoms with Crippen molar-refractivity contribution in [2.45, 2.75) is 26.4 Å². The molecule has 3 heterocycles. The highest BCUT2D eigenvalue weighted by Crippen LogP contribution is 2.33. The van der Waals surface area contributed by atoms with E-state index in [0.29, 0.717) is 0 Å². The number of benzene rings is 1. The Hall–Kier alpha value is -2.69. The summed E-state index contributed by atoms with van der Waals surface area (Å²) < 4.78 is 20.3. The minimum absolute atomic E-state index is 0.224. The minimum Gasteiger partial charge on any atom is -0.486 e. The van der Waals surface area contributed by atoms with Crippen LogP contribution in [0.3, 0.4) is 0 Å². The van der Waals surface area contributed by atoms with Crippen molar-refractivity contribution in [2.24, 2.45) is 0 Å². The Labute approximate surface area is 146 Å². The third-order valence-corrected chi connectivity index (χ3v) is 4.53. The van der Waals surface area contributed by atoms with Crippen molar-refractivity contribution in [3.8, 4) is 5.75 Å². The van der Waals surface area contributed by atoms with Crippen LogP contribution in [0.25, 0.3) is 10.9 Å². The lowest BCUT2D eigenvalue weighted by Crippen LogP contribution is -2.18. The lowest BCUT2D eigenvalue weighted by Gasteiger charge is -2.20. The Kier molecular flexibility index (Phi) is 4.22. The number of rotatable bonds is 4. The number of halogens is 1. The first kappa shape index (κ1) is 15.8. The van der Waals surface area contributed by atoms with E-state index in [1.165, 1.54) is 12.8 Å². The number of aromatic nitrogens is 2. The lowest BCUT2D eigenvalue weighted by atomic mass is 10.1. The van der Waals surface area contributed by atoms with Gasteiger partial charge in [-0.25, -0.2) is 4.39 Å². The Morgan fingerprint density at radius 3 is 2.80 bits per heavy atom. The Morgan fingerprint density at radius 2 is 2.04 bits per heavy atom. The van der Waals surface area contributed by atoms with Crippen LogP contribution < -0.4 is 9.64 Å². The maximum absolute atomic E-state index is 14.6. The first-order valence-corrected chi connectivity index (χ1v) is 8.58. The molecule has 1 saturated heterocycles. The quantitative estimate of drug-likeness (QED) is 0.713. The van der Waals surface area contributed by atoms with Crippen LogP contribution >= 0.6 is 0 Å². The van der Waals surface area contributed by atoms with Crippen molar-refractivity contribution in [1.82, 2.24) is 9.97 Å². The summed E-state index contributed by atoms with van der Waals surface area (Å²) in [5.74, 6) is -0.135. The van der Waals surface area contributed by atoms with E-state index in [1.807, 2.05) is 25.1 Å². The van der Waals surface area contributed by atoms with Gasteiger partial charge in [0.25, 0.3) is 0 Å². The van der Waals surface area contributed by atoms with Gasteiger partial charge in [-0.15, -0.1) is 0 Å². The highest BCUT2D eigenvalue weighted by atomic mass is 19.1. The highest BCUT2D eigenvalue weighted by molar-refractivity contribution is 5.93. The predicted molar refractivity (Wildman–Crippen MR) is 96.5 cm³/mol. The van der Waals surface area contributed by atoms with Gasteiger partial charge in [0.1, 0.15) is 6.61 Å². The van der Waals surface area contributed by atoms with Crippen LogP contribution in [-0.4, -0.2) is 23.1 Å². The zero-order valence-electron chi connectivity index (χ0n) is 14.2. The monoisotopic (exact) mass is 337 g/mol. The molecule has 3 aromatic rings. The Bertz CT molecular complexity index is 892. The molecule has 0 radical (unpaired) electrons. The fourth-order valence-electron chi connectivity index (χ4n) is 3.31. The summed E-state index contributed by atoms with van der Waals surface area (Å²) in [4.78, 5) is 10.9. The maximum atomic E-state index is 14.6. The van der Waals surface area contributed by atoms with E-state index in [4.69, 9.17) is 4.74 Å². The number of pyridine rings is 2. The second kappa shape index (κ2) is 6.67. The lowest BCUT2D eigenvalue weighted by molar-refractivity contribution is 0.290. The number of ether oxygens (including phenoxy) is 1. The van der Waals surface area contributed by atoms with Gasteiger partial charge in [-0.2, -0.15) is 0 Å². The van der Waals surface area contributed by atoms with Gasteiger partial charge < -0.3 is 9.64 Å². The summed E-state index contributed by atoms with van der Waals surface area (Å²) in [5.41, 5.74) is 3.67. The van der Waals surface area contributed by atoms with Crippen LogP contribution in [0.1, 0.15) is 24.1 Å². The summed E-state index contributed by atoms with van der Waals surface area (Å²) >= 11 is 0. The molecule has 4 nitrogen and oxygen atoms in total. The van der Waals surface area contributed by atoms with Gasteiger partial charge in [-0.05, 0) is 38.0 Å². The average molecular weight is 337 g/mol. The summed E-state index contributed by atoms with van der Waals surface area (Å²) in [7, 11) is 0. The number of fused-ring (bicyclic) bond motifs is 1. The van der Waals surface area contributed by atoms with Crippen molar-refractivity contribution < 1.29 is 9.13 Å². The van der Waals surface area contributed by atoms with Gasteiger partial charge in [0.2, 0.25) is 0 Å². The fraction of sp³-hybridized carbons (Fsp3) is 0.300. The van der Waals surface area contributed by atoms with E-state index < -0.39 is 0 Å². The fourth-order valence-corrected chi connectivity index (χ4v) is 3.31. The molecule has 5 heteroatoms. The topological polar surface area (TPSA) is 38.2 Å². The largest absolute Gasteiger partial charge is 0.486 e. The van der Waals surface area contributed by atoms with E-state index in [1.54, 1.807) is 24.5 Å². The normalized spacial score (nSPS) is 14.2. The molecule has 128 valence electrons. The van der Waals surface area contributed by atoms with Crippen LogP contribution in [0.2, 0.25) is 0 Å². The van der Waals surface area contributed by atoms with Crippen LogP contribution in [0.5, 0.6) is 5.75 Å². The molecule has 0 N–H and O–H groups in total. The smallest absolute Gasteiger partial charge is 0.165 e. The SMILES string of the molecule is Cc1cc(N2CCCC2)c2cc(F)c(OCc3cccnc3)cc2n1. The summed E-state index contributed by atoms with van der Waals surface area (Å²) in [6, 6.07) is 9.04. The van der Waals surface area contributed by atoms with Crippen LogP contribution in [0, 0.1) is 12.7 Å². The third-order valence-electron chi connectivity index (χ3n) is 4.53. The number of aryl methyl sites for hydroxylation is 1. The molecule has 0 spiro atoms. The molecule has 1 aliphatic rings. The molecular formula is C20H20FN3O. The molecule has 25 heavy (non-hydrogen) atoms. The van der Waals surface area contributed by atoms with Crippen molar-refractivity contribution in [1.29, 1.82) is 0 Å². The van der Waals surface area contributed by atoms with E-state index in [2.05, 4.69) is 14.9 Å². The summed E-state index contributed by atoms with van der Waals surface area (Å²) in [5, 5.41) is 0.846. The van der Waals surface area contributed by atoms with Gasteiger partial charge in [-0.1, -0.05) is 6.07 Å². The standard InChI is InChI=1S/C20H20FN3O/c1-14-9-19(24-7-2-3-8-24)16-10-17(21)20(11-18(16)23-14)25-13-15-5-4-6-22-12-15/h4-6,9-12H,2-3,7-8,13H2,1H3. The van der Waals surface area contributed by atoms with Gasteiger partial charge in [-0.3, -0.25) is 9.97 Å². The second-order valence-corrected chi connectivity index (χ2v) is 6.43. The van der Waals surface area contributed by atoms with Gasteiger partial charge in [0.05, 0.1) is 5.52 Å². The van der Waals surface area contributed by atoms with Crippen LogP contribution in [-0.2, 0) is 6.61 Å². The summed E-state index contributed by atoms with van der Waals surface area (Å²) in [6.07, 6.45) is 5.77. The first-order valence-electron chi connectivity index (χ1n) is 8.58. The predicted octanol–water partition coefficient (Wildman–Crippen LogP) is 4.26. The van der Waals surface area contributed by atoms with Crippen LogP contribution in [0.4, 0.5) is 10.1 Å². The summed E-state index contributed by atoms with van der Waals surface area (Å²) in [6.45, 7) is 4.28. The molecule has 1 fully saturated rings. The van der Waals surface area contributed by atoms with Gasteiger partial charge in [0.15, 0.2) is 11.6 Å². The molecule has 0 bridgehead atoms. The first-order chi connectivity index (χ1) is 12.2. The van der Waals surface area contributed by atoms with Crippen molar-refractivity contribution in [3.63, 3.8) is 0 Å². The van der Waals surface area contributed by atoms with E-state index in [0.717, 1.165) is 40.9 Å². The highest BCUT2D eigenvalue weighted by Gasteiger charge is 2.18. The average Bonchev–Trinajstić information content (AvgIpc) is 3.15. The molecule has 1 aromatic carbocycles. The Balaban J connectivity index is 1.69. The van der Waals surface area contributed by atoms with Gasteiger partial charge >= 0.3 is 0 Å². The van der Waals surface area contributed by atoms with Crippen molar-refractivity contribution >= 4 is 16.6 Å². The van der Waals surface area contributed by atoms with E-state index in [-0.39, 0.29) is 18.2 Å². The maximum Gasteiger partial charge on any atom is 0.165 e. The zero-order valence-corrected chi connectivity index (χ0v) is 14.2. The number of hydrogen-bond donors (Lipinski definition) is 0. The molecule has 2 aromatic heterocycles. The van der Waals surface area contributed by atoms with Crippen molar-refractivity contribution in [3.05, 3.63) is 59.8 Å². The Morgan fingerprint density at radius 1 is 1.20 bits per heavy atom. The number of nitrogens with zero attached hydrogens (tertiary/aromatic N) is 3. The minimum atomic E-state index is -0.359. The molecular weight excluding hydrogens is 317 g/mol. The molecule has 1 aliphatic heterocycles. The van der Waals surface area contributed by atoms with E-state index >= 15 is 0 Å². The molecule has 0 atom stereocenters. The zero-order chi connectivity index (χ0) is 17.2. The van der Waals surface area contributed by atoms with Crippen LogP contribution in [0.15, 0.2) is 42.7 Å². The number of hydrogen-bond acceptors (Lipinski definition) is 4.